The van der Waals surface area contributed by atoms with E-state index in [1.807, 2.05) is 17.5 Å². The van der Waals surface area contributed by atoms with Gasteiger partial charge in [0.25, 0.3) is 11.7 Å². The van der Waals surface area contributed by atoms with Gasteiger partial charge in [-0.25, -0.2) is 0 Å². The minimum Gasteiger partial charge on any atom is -0.507 e. The van der Waals surface area contributed by atoms with Gasteiger partial charge in [-0.2, -0.15) is 0 Å². The van der Waals surface area contributed by atoms with Crippen molar-refractivity contribution in [2.24, 2.45) is 0 Å². The number of hydrogen-bond acceptors (Lipinski definition) is 7. The van der Waals surface area contributed by atoms with Gasteiger partial charge in [-0.05, 0) is 47.8 Å². The summed E-state index contributed by atoms with van der Waals surface area (Å²) in [7, 11) is 1.54. The fourth-order valence-corrected chi connectivity index (χ4v) is 4.58. The molecule has 0 saturated carbocycles. The van der Waals surface area contributed by atoms with Crippen molar-refractivity contribution < 1.29 is 28.9 Å². The van der Waals surface area contributed by atoms with Crippen LogP contribution in [0.5, 0.6) is 17.2 Å². The molecule has 2 aliphatic heterocycles. The van der Waals surface area contributed by atoms with Gasteiger partial charge in [0, 0.05) is 22.2 Å². The number of benzene rings is 2. The molecule has 1 fully saturated rings. The number of ketones is 1. The summed E-state index contributed by atoms with van der Waals surface area (Å²) >= 11 is 1.40. The van der Waals surface area contributed by atoms with Gasteiger partial charge in [-0.3, -0.25) is 14.5 Å². The molecule has 1 saturated heterocycles. The maximum absolute atomic E-state index is 13.1. The number of thiophene rings is 1. The van der Waals surface area contributed by atoms with Gasteiger partial charge in [-0.15, -0.1) is 11.3 Å². The second-order valence-corrected chi connectivity index (χ2v) is 7.93. The van der Waals surface area contributed by atoms with Crippen LogP contribution in [0, 0.1) is 0 Å². The van der Waals surface area contributed by atoms with Crippen LogP contribution in [0.1, 0.15) is 16.5 Å². The molecule has 2 aliphatic rings. The second kappa shape index (κ2) is 7.48. The number of nitrogens with zero attached hydrogens (tertiary/aromatic N) is 1. The molecule has 0 spiro atoms. The quantitative estimate of drug-likeness (QED) is 0.377. The average Bonchev–Trinajstić information content (AvgIpc) is 3.53. The number of Topliss-reactive ketones (excluding diaryl/α,β-unsaturated/α-hetero) is 1. The van der Waals surface area contributed by atoms with Crippen LogP contribution < -0.4 is 19.1 Å². The monoisotopic (exact) mass is 435 g/mol. The van der Waals surface area contributed by atoms with Crippen LogP contribution in [0.25, 0.3) is 5.76 Å². The van der Waals surface area contributed by atoms with E-state index in [0.29, 0.717) is 28.5 Å². The minimum atomic E-state index is -0.762. The predicted molar refractivity (Wildman–Crippen MR) is 115 cm³/mol. The van der Waals surface area contributed by atoms with E-state index >= 15 is 0 Å². The van der Waals surface area contributed by atoms with Gasteiger partial charge >= 0.3 is 0 Å². The van der Waals surface area contributed by atoms with Crippen molar-refractivity contribution in [3.8, 4) is 17.2 Å². The van der Waals surface area contributed by atoms with Crippen molar-refractivity contribution in [1.82, 2.24) is 0 Å². The van der Waals surface area contributed by atoms with Gasteiger partial charge in [0.1, 0.15) is 17.6 Å². The summed E-state index contributed by atoms with van der Waals surface area (Å²) < 4.78 is 15.9. The maximum Gasteiger partial charge on any atom is 0.300 e. The second-order valence-electron chi connectivity index (χ2n) is 6.95. The van der Waals surface area contributed by atoms with Gasteiger partial charge in [-0.1, -0.05) is 6.07 Å². The molecule has 5 rings (SSSR count). The molecule has 31 heavy (non-hydrogen) atoms. The fraction of sp³-hybridized carbons (Fsp3) is 0.130. The number of amides is 1. The number of methoxy groups -OCH3 is 1. The molecular formula is C23H17NO6S. The number of rotatable bonds is 4. The third kappa shape index (κ3) is 3.12. The van der Waals surface area contributed by atoms with Gasteiger partial charge in [0.2, 0.25) is 6.79 Å². The first-order valence-electron chi connectivity index (χ1n) is 9.47. The Bertz CT molecular complexity index is 1200. The molecule has 7 nitrogen and oxygen atoms in total. The summed E-state index contributed by atoms with van der Waals surface area (Å²) in [5, 5.41) is 12.9. The highest BCUT2D eigenvalue weighted by Gasteiger charge is 2.47. The maximum atomic E-state index is 13.1. The first-order valence-corrected chi connectivity index (χ1v) is 10.3. The number of fused-ring (bicyclic) bond motifs is 1. The molecule has 1 N–H and O–H groups in total. The standard InChI is InChI=1S/C23H17NO6S/c1-28-15-7-4-13(5-8-15)21(25)19-20(18-3-2-10-31-18)24(23(27)22(19)26)14-6-9-16-17(11-14)30-12-29-16/h2-11,20,25H,12H2,1H3/b21-19-. The third-order valence-electron chi connectivity index (χ3n) is 5.25. The highest BCUT2D eigenvalue weighted by atomic mass is 32.1. The number of ether oxygens (including phenoxy) is 3. The van der Waals surface area contributed by atoms with E-state index in [4.69, 9.17) is 14.2 Å². The lowest BCUT2D eigenvalue weighted by Crippen LogP contribution is -2.29. The molecule has 2 aromatic carbocycles. The van der Waals surface area contributed by atoms with Crippen LogP contribution in [0.3, 0.4) is 0 Å². The van der Waals surface area contributed by atoms with E-state index in [1.165, 1.54) is 16.2 Å². The first-order chi connectivity index (χ1) is 15.1. The van der Waals surface area contributed by atoms with Gasteiger partial charge < -0.3 is 19.3 Å². The molecule has 8 heteroatoms. The van der Waals surface area contributed by atoms with Crippen molar-refractivity contribution in [1.29, 1.82) is 0 Å². The molecule has 0 bridgehead atoms. The Morgan fingerprint density at radius 1 is 1.10 bits per heavy atom. The lowest BCUT2D eigenvalue weighted by molar-refractivity contribution is -0.132. The van der Waals surface area contributed by atoms with Crippen molar-refractivity contribution in [2.75, 3.05) is 18.8 Å². The van der Waals surface area contributed by atoms with E-state index in [9.17, 15) is 14.7 Å². The first kappa shape index (κ1) is 19.2. The molecule has 3 aromatic rings. The van der Waals surface area contributed by atoms with Crippen LogP contribution >= 0.6 is 11.3 Å². The molecule has 156 valence electrons. The molecule has 1 amide bonds. The summed E-state index contributed by atoms with van der Waals surface area (Å²) in [5.74, 6) is -0.00254. The van der Waals surface area contributed by atoms with Crippen LogP contribution in [0.4, 0.5) is 5.69 Å². The number of carbonyl (C=O) groups is 2. The molecule has 0 radical (unpaired) electrons. The number of carbonyl (C=O) groups excluding carboxylic acids is 2. The smallest absolute Gasteiger partial charge is 0.300 e. The largest absolute Gasteiger partial charge is 0.507 e. The summed E-state index contributed by atoms with van der Waals surface area (Å²) in [6.07, 6.45) is 0. The number of hydrogen-bond donors (Lipinski definition) is 1. The van der Waals surface area contributed by atoms with E-state index < -0.39 is 17.7 Å². The molecule has 0 aliphatic carbocycles. The van der Waals surface area contributed by atoms with Gasteiger partial charge in [0.15, 0.2) is 11.5 Å². The van der Waals surface area contributed by atoms with Crippen molar-refractivity contribution in [3.63, 3.8) is 0 Å². The molecule has 1 unspecified atom stereocenters. The highest BCUT2D eigenvalue weighted by Crippen LogP contribution is 2.45. The molecule has 1 atom stereocenters. The number of anilines is 1. The fourth-order valence-electron chi connectivity index (χ4n) is 3.75. The number of aliphatic hydroxyl groups excluding tert-OH is 1. The zero-order valence-corrected chi connectivity index (χ0v) is 17.2. The van der Waals surface area contributed by atoms with Crippen molar-refractivity contribution >= 4 is 34.5 Å². The summed E-state index contributed by atoms with van der Waals surface area (Å²) in [6.45, 7) is 0.101. The van der Waals surface area contributed by atoms with Crippen molar-refractivity contribution in [2.45, 2.75) is 6.04 Å². The Kier molecular flexibility index (Phi) is 4.63. The van der Waals surface area contributed by atoms with E-state index in [-0.39, 0.29) is 18.1 Å². The molecule has 3 heterocycles. The zero-order chi connectivity index (χ0) is 21.5. The van der Waals surface area contributed by atoms with E-state index in [0.717, 1.165) is 4.88 Å². The van der Waals surface area contributed by atoms with Crippen LogP contribution in [0.2, 0.25) is 0 Å². The zero-order valence-electron chi connectivity index (χ0n) is 16.4. The van der Waals surface area contributed by atoms with Crippen molar-refractivity contribution in [3.05, 3.63) is 76.0 Å². The Morgan fingerprint density at radius 2 is 1.87 bits per heavy atom. The SMILES string of the molecule is COc1ccc(/C(O)=C2/C(=O)C(=O)N(c3ccc4c(c3)OCO4)C2c2cccs2)cc1. The third-order valence-corrected chi connectivity index (χ3v) is 6.18. The molecule has 1 aromatic heterocycles. The normalized spacial score (nSPS) is 19.1. The lowest BCUT2D eigenvalue weighted by Gasteiger charge is -2.24. The highest BCUT2D eigenvalue weighted by molar-refractivity contribution is 7.10. The lowest BCUT2D eigenvalue weighted by atomic mass is 9.99. The Morgan fingerprint density at radius 3 is 2.58 bits per heavy atom. The predicted octanol–water partition coefficient (Wildman–Crippen LogP) is 4.11. The molecular weight excluding hydrogens is 418 g/mol. The summed E-state index contributed by atoms with van der Waals surface area (Å²) in [6, 6.07) is 14.6. The summed E-state index contributed by atoms with van der Waals surface area (Å²) in [4.78, 5) is 28.3. The van der Waals surface area contributed by atoms with Crippen LogP contribution in [-0.4, -0.2) is 30.7 Å². The van der Waals surface area contributed by atoms with Crippen LogP contribution in [-0.2, 0) is 9.59 Å². The van der Waals surface area contributed by atoms with Gasteiger partial charge in [0.05, 0.1) is 12.7 Å². The minimum absolute atomic E-state index is 0.0373. The summed E-state index contributed by atoms with van der Waals surface area (Å²) in [5.41, 5.74) is 0.944. The van der Waals surface area contributed by atoms with Crippen LogP contribution in [0.15, 0.2) is 65.6 Å². The van der Waals surface area contributed by atoms with E-state index in [2.05, 4.69) is 0 Å². The number of aliphatic hydroxyl groups is 1. The Hall–Kier alpha value is -3.78. The van der Waals surface area contributed by atoms with E-state index in [1.54, 1.807) is 49.6 Å². The average molecular weight is 435 g/mol. The topological polar surface area (TPSA) is 85.3 Å². The Labute approximate surface area is 181 Å². The Balaban J connectivity index is 1.66.